The Morgan fingerprint density at radius 1 is 0.432 bits per heavy atom. The van der Waals surface area contributed by atoms with E-state index >= 15 is 0 Å². The third kappa shape index (κ3) is 13.8. The van der Waals surface area contributed by atoms with Gasteiger partial charge in [0.2, 0.25) is 19.7 Å². The Morgan fingerprint density at radius 3 is 1.11 bits per heavy atom. The number of rotatable bonds is 24. The van der Waals surface area contributed by atoms with Crippen LogP contribution in [0.1, 0.15) is 98.4 Å². The van der Waals surface area contributed by atoms with Crippen molar-refractivity contribution in [3.63, 3.8) is 0 Å². The van der Waals surface area contributed by atoms with Crippen molar-refractivity contribution in [2.24, 2.45) is 0 Å². The molecule has 0 aliphatic carbocycles. The average Bonchev–Trinajstić information content (AvgIpc) is 3.60. The van der Waals surface area contributed by atoms with E-state index in [1.54, 1.807) is 91.0 Å². The third-order valence-electron chi connectivity index (χ3n) is 14.8. The normalized spacial score (nSPS) is 12.1. The number of hydrogen-bond acceptors (Lipinski definition) is 10. The van der Waals surface area contributed by atoms with Gasteiger partial charge in [0.25, 0.3) is 0 Å². The lowest BCUT2D eigenvalue weighted by Gasteiger charge is -2.29. The average molecular weight is 1130 g/mol. The molecule has 81 heavy (non-hydrogen) atoms. The van der Waals surface area contributed by atoms with Crippen LogP contribution in [-0.4, -0.2) is 37.2 Å². The molecule has 0 fully saturated rings. The molecule has 0 N–H and O–H groups in total. The number of aryl methyl sites for hydroxylation is 4. The lowest BCUT2D eigenvalue weighted by Crippen LogP contribution is -2.20. The summed E-state index contributed by atoms with van der Waals surface area (Å²) in [6.45, 7) is 23.8. The molecule has 0 heterocycles. The Balaban J connectivity index is 0.847. The molecule has 0 atom stereocenters. The van der Waals surface area contributed by atoms with Crippen LogP contribution >= 0.6 is 0 Å². The number of hydrogen-bond donors (Lipinski definition) is 0. The van der Waals surface area contributed by atoms with Crippen LogP contribution in [0.4, 0.5) is 0 Å². The third-order valence-corrected chi connectivity index (χ3v) is 18.3. The minimum Gasteiger partial charge on any atom is -0.497 e. The first kappa shape index (κ1) is 59.1. The highest BCUT2D eigenvalue weighted by molar-refractivity contribution is 7.91. The lowest BCUT2D eigenvalue weighted by atomic mass is 9.76. The summed E-state index contributed by atoms with van der Waals surface area (Å²) in [5.74, 6) is 5.82. The summed E-state index contributed by atoms with van der Waals surface area (Å²) in [6.07, 6.45) is 6.56. The summed E-state index contributed by atoms with van der Waals surface area (Å²) in [6, 6.07) is 50.5. The zero-order valence-corrected chi connectivity index (χ0v) is 49.6. The maximum Gasteiger partial charge on any atom is 0.206 e. The van der Waals surface area contributed by atoms with Gasteiger partial charge in [-0.05, 0) is 232 Å². The molecule has 0 spiro atoms. The minimum absolute atomic E-state index is 0.145. The second-order valence-corrected chi connectivity index (χ2v) is 25.1. The first-order valence-electron chi connectivity index (χ1n) is 27.1. The largest absolute Gasteiger partial charge is 0.497 e. The van der Waals surface area contributed by atoms with Gasteiger partial charge in [0.05, 0.1) is 39.9 Å². The number of sulfone groups is 2. The van der Waals surface area contributed by atoms with Gasteiger partial charge in [-0.1, -0.05) is 82.8 Å². The second kappa shape index (κ2) is 25.2. The van der Waals surface area contributed by atoms with Crippen molar-refractivity contribution in [1.29, 1.82) is 0 Å². The Kier molecular flexibility index (Phi) is 18.4. The molecule has 0 amide bonds. The van der Waals surface area contributed by atoms with Crippen LogP contribution in [0.2, 0.25) is 0 Å². The van der Waals surface area contributed by atoms with Crippen LogP contribution in [0.25, 0.3) is 0 Å². The Hall–Kier alpha value is -8.06. The highest BCUT2D eigenvalue weighted by atomic mass is 32.2. The summed E-state index contributed by atoms with van der Waals surface area (Å²) in [5, 5.41) is 0. The summed E-state index contributed by atoms with van der Waals surface area (Å²) >= 11 is 0. The molecule has 0 aliphatic heterocycles. The zero-order chi connectivity index (χ0) is 58.1. The van der Waals surface area contributed by atoms with E-state index in [4.69, 9.17) is 28.4 Å². The first-order chi connectivity index (χ1) is 38.6. The maximum absolute atomic E-state index is 13.8. The summed E-state index contributed by atoms with van der Waals surface area (Å²) in [4.78, 5) is 0.639. The molecule has 0 bridgehead atoms. The van der Waals surface area contributed by atoms with Crippen molar-refractivity contribution in [3.8, 4) is 46.0 Å². The van der Waals surface area contributed by atoms with Crippen LogP contribution in [0, 0.1) is 27.7 Å². The first-order valence-corrected chi connectivity index (χ1v) is 30.1. The lowest BCUT2D eigenvalue weighted by molar-refractivity contribution is 0.212. The number of unbranched alkanes of at least 4 members (excludes halogenated alkanes) is 2. The van der Waals surface area contributed by atoms with Crippen molar-refractivity contribution in [2.75, 3.05) is 20.3 Å². The topological polar surface area (TPSA) is 124 Å². The van der Waals surface area contributed by atoms with Crippen LogP contribution < -0.4 is 23.7 Å². The van der Waals surface area contributed by atoms with E-state index in [2.05, 4.69) is 82.8 Å². The predicted molar refractivity (Wildman–Crippen MR) is 322 cm³/mol. The molecule has 0 saturated carbocycles. The monoisotopic (exact) mass is 1120 g/mol. The highest BCUT2D eigenvalue weighted by Gasteiger charge is 2.28. The fourth-order valence-electron chi connectivity index (χ4n) is 9.67. The summed E-state index contributed by atoms with van der Waals surface area (Å²) < 4.78 is 90.1. The molecule has 12 heteroatoms. The van der Waals surface area contributed by atoms with E-state index in [1.807, 2.05) is 65.0 Å². The fourth-order valence-corrected chi connectivity index (χ4v) is 12.2. The zero-order valence-electron chi connectivity index (χ0n) is 48.0. The Morgan fingerprint density at radius 2 is 0.753 bits per heavy atom. The number of allylic oxidation sites excluding steroid dienone is 2. The molecule has 8 aromatic carbocycles. The van der Waals surface area contributed by atoms with E-state index in [0.717, 1.165) is 75.3 Å². The van der Waals surface area contributed by atoms with Gasteiger partial charge in [0.15, 0.2) is 0 Å². The minimum atomic E-state index is -3.85. The molecule has 0 saturated heterocycles. The van der Waals surface area contributed by atoms with E-state index < -0.39 is 25.1 Å². The molecule has 10 nitrogen and oxygen atoms in total. The van der Waals surface area contributed by atoms with Gasteiger partial charge in [0.1, 0.15) is 51.8 Å². The molecule has 0 aromatic heterocycles. The molecule has 8 rings (SSSR count). The SMILES string of the molecule is C=CC(=CC)OCCCCCOc1ccc(C(C)(C)c2ccc(Oc3ccc(S(=O)(=O)c4ccc(Oc5c(C)cc(C(C)(C)c6cc(C)c(Oc7ccc(S(=O)(=O)c8ccc(OC)cc8)cc7)c(C)c6)cc5C)cc4)cc3)cc2)cc1. The smallest absolute Gasteiger partial charge is 0.206 e. The molecule has 0 radical (unpaired) electrons. The molecular weight excluding hydrogens is 1050 g/mol. The Bertz CT molecular complexity index is 3690. The van der Waals surface area contributed by atoms with Crippen molar-refractivity contribution in [2.45, 2.75) is 112 Å². The van der Waals surface area contributed by atoms with Crippen molar-refractivity contribution in [1.82, 2.24) is 0 Å². The van der Waals surface area contributed by atoms with Gasteiger partial charge in [0, 0.05) is 10.8 Å². The van der Waals surface area contributed by atoms with Gasteiger partial charge < -0.3 is 28.4 Å². The second-order valence-electron chi connectivity index (χ2n) is 21.2. The standard InChI is InChI=1S/C69H72O10S2/c1-12-55(13-2)75-41-15-14-16-42-76-57-21-17-51(18-22-57)68(7,8)52-19-23-58(24-20-52)77-59-27-35-63(36-28-59)81(72,73)65-39-31-61(32-40-65)79-67-49(5)45-54(46-50(67)6)69(9,10)53-43-47(3)66(48(4)44-53)78-60-29-37-64(38-30-60)80(70,71)62-33-25-56(74-11)26-34-62/h12-13,17-40,43-46H,1,14-16,41-42H2,2-11H3. The maximum atomic E-state index is 13.8. The number of benzene rings is 8. The molecule has 8 aromatic rings. The Labute approximate surface area is 479 Å². The van der Waals surface area contributed by atoms with E-state index in [0.29, 0.717) is 53.5 Å². The number of methoxy groups -OCH3 is 1. The molecule has 420 valence electrons. The van der Waals surface area contributed by atoms with Gasteiger partial charge in [-0.2, -0.15) is 0 Å². The van der Waals surface area contributed by atoms with Crippen LogP contribution in [-0.2, 0) is 35.2 Å². The van der Waals surface area contributed by atoms with Gasteiger partial charge >= 0.3 is 0 Å². The molecular formula is C69H72O10S2. The fraction of sp³-hybridized carbons (Fsp3) is 0.246. The van der Waals surface area contributed by atoms with Gasteiger partial charge in [-0.3, -0.25) is 0 Å². The highest BCUT2D eigenvalue weighted by Crippen LogP contribution is 2.41. The number of ether oxygens (including phenoxy) is 6. The van der Waals surface area contributed by atoms with Crippen molar-refractivity contribution >= 4 is 19.7 Å². The molecule has 0 unspecified atom stereocenters. The quantitative estimate of drug-likeness (QED) is 0.0328. The van der Waals surface area contributed by atoms with E-state index in [9.17, 15) is 16.8 Å². The predicted octanol–water partition coefficient (Wildman–Crippen LogP) is 17.3. The summed E-state index contributed by atoms with van der Waals surface area (Å²) in [7, 11) is -6.04. The van der Waals surface area contributed by atoms with Crippen LogP contribution in [0.5, 0.6) is 46.0 Å². The van der Waals surface area contributed by atoms with Crippen molar-refractivity contribution in [3.05, 3.63) is 239 Å². The van der Waals surface area contributed by atoms with Gasteiger partial charge in [-0.25, -0.2) is 16.8 Å². The van der Waals surface area contributed by atoms with E-state index in [1.165, 1.54) is 19.2 Å². The molecule has 0 aliphatic rings. The summed E-state index contributed by atoms with van der Waals surface area (Å²) in [5.41, 5.74) is 7.53. The van der Waals surface area contributed by atoms with Crippen LogP contribution in [0.3, 0.4) is 0 Å². The van der Waals surface area contributed by atoms with Crippen molar-refractivity contribution < 1.29 is 45.3 Å². The van der Waals surface area contributed by atoms with Gasteiger partial charge in [-0.15, -0.1) is 0 Å². The van der Waals surface area contributed by atoms with E-state index in [-0.39, 0.29) is 25.0 Å². The van der Waals surface area contributed by atoms with Crippen LogP contribution in [0.15, 0.2) is 214 Å².